The first-order valence-corrected chi connectivity index (χ1v) is 7.36. The molecule has 0 bridgehead atoms. The molecular formula is C16H21NO4. The molecule has 5 heteroatoms. The molecule has 1 amide bonds. The van der Waals surface area contributed by atoms with Gasteiger partial charge in [-0.25, -0.2) is 4.79 Å². The van der Waals surface area contributed by atoms with Crippen molar-refractivity contribution in [3.8, 4) is 5.75 Å². The van der Waals surface area contributed by atoms with Gasteiger partial charge in [-0.05, 0) is 37.0 Å². The van der Waals surface area contributed by atoms with E-state index < -0.39 is 6.09 Å². The zero-order valence-corrected chi connectivity index (χ0v) is 12.0. The Kier molecular flexibility index (Phi) is 5.60. The van der Waals surface area contributed by atoms with Gasteiger partial charge in [0.2, 0.25) is 0 Å². The van der Waals surface area contributed by atoms with Crippen molar-refractivity contribution in [2.45, 2.75) is 32.1 Å². The minimum absolute atomic E-state index is 0.172. The topological polar surface area (TPSA) is 75.6 Å². The van der Waals surface area contributed by atoms with Crippen molar-refractivity contribution in [3.05, 3.63) is 29.8 Å². The van der Waals surface area contributed by atoms with Crippen LogP contribution in [0.5, 0.6) is 5.75 Å². The largest absolute Gasteiger partial charge is 0.492 e. The standard InChI is InChI=1S/C16H21NO4/c18-15-4-2-1-3-13(15)11-12-5-7-14(8-6-12)21-10-9-17-16(19)20/h5-8,13,17H,1-4,9-11H2,(H,19,20). The smallest absolute Gasteiger partial charge is 0.404 e. The Balaban J connectivity index is 1.78. The van der Waals surface area contributed by atoms with Crippen LogP contribution in [0.1, 0.15) is 31.2 Å². The SMILES string of the molecule is O=C(O)NCCOc1ccc(CC2CCCCC2=O)cc1. The second-order valence-corrected chi connectivity index (χ2v) is 5.34. The lowest BCUT2D eigenvalue weighted by molar-refractivity contribution is -0.124. The predicted molar refractivity (Wildman–Crippen MR) is 78.6 cm³/mol. The molecule has 2 N–H and O–H groups in total. The number of ether oxygens (including phenoxy) is 1. The second-order valence-electron chi connectivity index (χ2n) is 5.34. The Bertz CT molecular complexity index is 484. The second kappa shape index (κ2) is 7.67. The van der Waals surface area contributed by atoms with Gasteiger partial charge in [0.15, 0.2) is 0 Å². The molecule has 1 aliphatic carbocycles. The average Bonchev–Trinajstić information content (AvgIpc) is 2.47. The fourth-order valence-corrected chi connectivity index (χ4v) is 2.60. The number of rotatable bonds is 6. The number of benzene rings is 1. The summed E-state index contributed by atoms with van der Waals surface area (Å²) in [5.74, 6) is 1.27. The molecule has 0 spiro atoms. The third-order valence-electron chi connectivity index (χ3n) is 3.73. The van der Waals surface area contributed by atoms with Crippen molar-refractivity contribution in [1.82, 2.24) is 5.32 Å². The number of carboxylic acid groups (broad SMARTS) is 1. The van der Waals surface area contributed by atoms with Crippen LogP contribution in [-0.4, -0.2) is 30.1 Å². The third kappa shape index (κ3) is 5.10. The van der Waals surface area contributed by atoms with Crippen molar-refractivity contribution in [2.75, 3.05) is 13.2 Å². The van der Waals surface area contributed by atoms with Gasteiger partial charge < -0.3 is 15.2 Å². The summed E-state index contributed by atoms with van der Waals surface area (Å²) in [5.41, 5.74) is 1.14. The fourth-order valence-electron chi connectivity index (χ4n) is 2.60. The minimum atomic E-state index is -1.05. The molecule has 21 heavy (non-hydrogen) atoms. The van der Waals surface area contributed by atoms with Crippen LogP contribution in [0.15, 0.2) is 24.3 Å². The quantitative estimate of drug-likeness (QED) is 0.790. The fraction of sp³-hybridized carbons (Fsp3) is 0.500. The Labute approximate surface area is 124 Å². The molecule has 114 valence electrons. The highest BCUT2D eigenvalue weighted by molar-refractivity contribution is 5.81. The highest BCUT2D eigenvalue weighted by atomic mass is 16.5. The lowest BCUT2D eigenvalue weighted by atomic mass is 9.84. The van der Waals surface area contributed by atoms with E-state index in [-0.39, 0.29) is 12.5 Å². The number of hydrogen-bond acceptors (Lipinski definition) is 3. The zero-order chi connectivity index (χ0) is 15.1. The summed E-state index contributed by atoms with van der Waals surface area (Å²) in [6, 6.07) is 7.68. The summed E-state index contributed by atoms with van der Waals surface area (Å²) in [6.45, 7) is 0.556. The summed E-state index contributed by atoms with van der Waals surface area (Å²) in [6.07, 6.45) is 3.66. The molecule has 2 rings (SSSR count). The number of hydrogen-bond donors (Lipinski definition) is 2. The molecule has 0 heterocycles. The van der Waals surface area contributed by atoms with E-state index in [1.807, 2.05) is 24.3 Å². The number of ketones is 1. The maximum absolute atomic E-state index is 11.8. The summed E-state index contributed by atoms with van der Waals surface area (Å²) in [7, 11) is 0. The number of carbonyl (C=O) groups excluding carboxylic acids is 1. The molecule has 0 aliphatic heterocycles. The van der Waals surface area contributed by atoms with Gasteiger partial charge in [-0.2, -0.15) is 0 Å². The molecule has 0 aromatic heterocycles. The van der Waals surface area contributed by atoms with Crippen molar-refractivity contribution in [2.24, 2.45) is 5.92 Å². The van der Waals surface area contributed by atoms with E-state index >= 15 is 0 Å². The Morgan fingerprint density at radius 1 is 1.29 bits per heavy atom. The average molecular weight is 291 g/mol. The Morgan fingerprint density at radius 3 is 2.71 bits per heavy atom. The normalized spacial score (nSPS) is 18.3. The van der Waals surface area contributed by atoms with Crippen LogP contribution < -0.4 is 10.1 Å². The van der Waals surface area contributed by atoms with Crippen LogP contribution in [0, 0.1) is 5.92 Å². The molecular weight excluding hydrogens is 270 g/mol. The van der Waals surface area contributed by atoms with Crippen LogP contribution in [0.2, 0.25) is 0 Å². The van der Waals surface area contributed by atoms with Gasteiger partial charge in [-0.1, -0.05) is 18.6 Å². The van der Waals surface area contributed by atoms with E-state index in [2.05, 4.69) is 5.32 Å². The number of Topliss-reactive ketones (excluding diaryl/α,β-unsaturated/α-hetero) is 1. The molecule has 1 unspecified atom stereocenters. The van der Waals surface area contributed by atoms with Crippen LogP contribution in [0.3, 0.4) is 0 Å². The van der Waals surface area contributed by atoms with Crippen LogP contribution >= 0.6 is 0 Å². The van der Waals surface area contributed by atoms with E-state index in [0.29, 0.717) is 18.1 Å². The summed E-state index contributed by atoms with van der Waals surface area (Å²) < 4.78 is 5.43. The van der Waals surface area contributed by atoms with Crippen LogP contribution in [-0.2, 0) is 11.2 Å². The maximum atomic E-state index is 11.8. The molecule has 0 saturated heterocycles. The van der Waals surface area contributed by atoms with Gasteiger partial charge in [-0.15, -0.1) is 0 Å². The first-order chi connectivity index (χ1) is 10.1. The van der Waals surface area contributed by atoms with Crippen molar-refractivity contribution in [1.29, 1.82) is 0 Å². The Hall–Kier alpha value is -2.04. The summed E-state index contributed by atoms with van der Waals surface area (Å²) in [4.78, 5) is 22.1. The molecule has 1 atom stereocenters. The van der Waals surface area contributed by atoms with Gasteiger partial charge in [0.1, 0.15) is 18.1 Å². The van der Waals surface area contributed by atoms with E-state index in [4.69, 9.17) is 9.84 Å². The van der Waals surface area contributed by atoms with Crippen LogP contribution in [0.4, 0.5) is 4.79 Å². The number of carbonyl (C=O) groups is 2. The van der Waals surface area contributed by atoms with Gasteiger partial charge in [0.25, 0.3) is 0 Å². The number of amides is 1. The van der Waals surface area contributed by atoms with Gasteiger partial charge in [-0.3, -0.25) is 4.79 Å². The number of nitrogens with one attached hydrogen (secondary N) is 1. The highest BCUT2D eigenvalue weighted by Crippen LogP contribution is 2.24. The van der Waals surface area contributed by atoms with Crippen molar-refractivity contribution >= 4 is 11.9 Å². The molecule has 1 aliphatic rings. The molecule has 1 fully saturated rings. The van der Waals surface area contributed by atoms with Crippen molar-refractivity contribution < 1.29 is 19.4 Å². The van der Waals surface area contributed by atoms with Gasteiger partial charge >= 0.3 is 6.09 Å². The first-order valence-electron chi connectivity index (χ1n) is 7.36. The van der Waals surface area contributed by atoms with Crippen molar-refractivity contribution in [3.63, 3.8) is 0 Å². The predicted octanol–water partition coefficient (Wildman–Crippen LogP) is 2.63. The molecule has 5 nitrogen and oxygen atoms in total. The van der Waals surface area contributed by atoms with Gasteiger partial charge in [0, 0.05) is 12.3 Å². The minimum Gasteiger partial charge on any atom is -0.492 e. The van der Waals surface area contributed by atoms with Crippen LogP contribution in [0.25, 0.3) is 0 Å². The van der Waals surface area contributed by atoms with Gasteiger partial charge in [0.05, 0.1) is 6.54 Å². The first kappa shape index (κ1) is 15.4. The summed E-state index contributed by atoms with van der Waals surface area (Å²) >= 11 is 0. The molecule has 0 radical (unpaired) electrons. The summed E-state index contributed by atoms with van der Waals surface area (Å²) in [5, 5.41) is 10.7. The third-order valence-corrected chi connectivity index (χ3v) is 3.73. The van der Waals surface area contributed by atoms with E-state index in [0.717, 1.165) is 37.7 Å². The van der Waals surface area contributed by atoms with E-state index in [1.54, 1.807) is 0 Å². The van der Waals surface area contributed by atoms with E-state index in [9.17, 15) is 9.59 Å². The highest BCUT2D eigenvalue weighted by Gasteiger charge is 2.22. The van der Waals surface area contributed by atoms with E-state index in [1.165, 1.54) is 0 Å². The maximum Gasteiger partial charge on any atom is 0.404 e. The monoisotopic (exact) mass is 291 g/mol. The Morgan fingerprint density at radius 2 is 2.05 bits per heavy atom. The molecule has 1 aromatic carbocycles. The lowest BCUT2D eigenvalue weighted by Crippen LogP contribution is -2.26. The zero-order valence-electron chi connectivity index (χ0n) is 12.0. The molecule has 1 aromatic rings. The molecule has 1 saturated carbocycles. The lowest BCUT2D eigenvalue weighted by Gasteiger charge is -2.20.